The highest BCUT2D eigenvalue weighted by Crippen LogP contribution is 2.30. The van der Waals surface area contributed by atoms with Crippen molar-refractivity contribution in [3.63, 3.8) is 0 Å². The van der Waals surface area contributed by atoms with Crippen LogP contribution < -0.4 is 10.1 Å². The minimum Gasteiger partial charge on any atom is -0.457 e. The number of non-ortho nitro benzene ring substituents is 1. The summed E-state index contributed by atoms with van der Waals surface area (Å²) >= 11 is 2.00. The maximum absolute atomic E-state index is 12.4. The number of nitrogens with one attached hydrogen (secondary N) is 1. The lowest BCUT2D eigenvalue weighted by Gasteiger charge is -2.09. The van der Waals surface area contributed by atoms with Crippen LogP contribution in [0.5, 0.6) is 11.5 Å². The van der Waals surface area contributed by atoms with Crippen LogP contribution in [0, 0.1) is 20.6 Å². The van der Waals surface area contributed by atoms with E-state index in [2.05, 4.69) is 10.4 Å². The molecular weight excluding hydrogens is 463 g/mol. The molecule has 0 fully saturated rings. The van der Waals surface area contributed by atoms with E-state index in [1.54, 1.807) is 19.3 Å². The Bertz CT molecular complexity index is 1030. The van der Waals surface area contributed by atoms with Crippen molar-refractivity contribution in [3.8, 4) is 11.5 Å². The first-order valence-electron chi connectivity index (χ1n) is 7.86. The molecule has 3 rings (SSSR count). The number of carbonyl (C=O) groups excluding carboxylic acids is 1. The maximum Gasteiger partial charge on any atom is 0.277 e. The molecule has 3 aromatic rings. The quantitative estimate of drug-likeness (QED) is 0.335. The Hall–Kier alpha value is -2.95. The summed E-state index contributed by atoms with van der Waals surface area (Å²) in [4.78, 5) is 23.1. The molecule has 1 heterocycles. The van der Waals surface area contributed by atoms with E-state index >= 15 is 0 Å². The molecule has 0 atom stereocenters. The van der Waals surface area contributed by atoms with Gasteiger partial charge in [0.25, 0.3) is 11.6 Å². The van der Waals surface area contributed by atoms with Crippen molar-refractivity contribution in [2.24, 2.45) is 7.05 Å². The summed E-state index contributed by atoms with van der Waals surface area (Å²) in [6.45, 7) is 1.92. The van der Waals surface area contributed by atoms with Crippen LogP contribution in [0.25, 0.3) is 0 Å². The van der Waals surface area contributed by atoms with Gasteiger partial charge in [-0.2, -0.15) is 5.10 Å². The molecule has 138 valence electrons. The van der Waals surface area contributed by atoms with E-state index in [4.69, 9.17) is 4.74 Å². The molecule has 1 amide bonds. The number of aryl methyl sites for hydroxylation is 2. The SMILES string of the molecule is Cc1cccc(Oc2cc(NC(=O)c3nn(C)cc3I)cc([N+](=O)[O-])c2)c1. The van der Waals surface area contributed by atoms with E-state index in [1.165, 1.54) is 22.9 Å². The van der Waals surface area contributed by atoms with Gasteiger partial charge in [0.1, 0.15) is 11.5 Å². The van der Waals surface area contributed by atoms with Crippen molar-refractivity contribution in [2.75, 3.05) is 5.32 Å². The van der Waals surface area contributed by atoms with Crippen LogP contribution >= 0.6 is 22.6 Å². The zero-order valence-electron chi connectivity index (χ0n) is 14.5. The maximum atomic E-state index is 12.4. The van der Waals surface area contributed by atoms with Crippen LogP contribution in [-0.2, 0) is 7.05 Å². The lowest BCUT2D eigenvalue weighted by molar-refractivity contribution is -0.384. The van der Waals surface area contributed by atoms with E-state index in [-0.39, 0.29) is 22.8 Å². The standard InChI is InChI=1S/C18H15IN4O4/c1-11-4-3-5-14(6-11)27-15-8-12(7-13(9-15)23(25)26)20-18(24)17-16(19)10-22(2)21-17/h3-10H,1-2H3,(H,20,24). The summed E-state index contributed by atoms with van der Waals surface area (Å²) in [6.07, 6.45) is 1.70. The Morgan fingerprint density at radius 1 is 1.26 bits per heavy atom. The third-order valence-electron chi connectivity index (χ3n) is 3.58. The van der Waals surface area contributed by atoms with E-state index in [0.717, 1.165) is 5.56 Å². The highest BCUT2D eigenvalue weighted by Gasteiger charge is 2.17. The summed E-state index contributed by atoms with van der Waals surface area (Å²) in [5, 5.41) is 18.0. The number of carbonyl (C=O) groups is 1. The summed E-state index contributed by atoms with van der Waals surface area (Å²) in [7, 11) is 1.71. The van der Waals surface area contributed by atoms with Crippen molar-refractivity contribution < 1.29 is 14.5 Å². The highest BCUT2D eigenvalue weighted by molar-refractivity contribution is 14.1. The summed E-state index contributed by atoms with van der Waals surface area (Å²) in [5.74, 6) is 0.342. The number of benzene rings is 2. The lowest BCUT2D eigenvalue weighted by atomic mass is 10.2. The van der Waals surface area contributed by atoms with Gasteiger partial charge in [0.15, 0.2) is 5.69 Å². The number of hydrogen-bond donors (Lipinski definition) is 1. The number of nitro groups is 1. The van der Waals surface area contributed by atoms with Gasteiger partial charge in [0, 0.05) is 25.4 Å². The van der Waals surface area contributed by atoms with Gasteiger partial charge in [-0.1, -0.05) is 12.1 Å². The lowest BCUT2D eigenvalue weighted by Crippen LogP contribution is -2.14. The van der Waals surface area contributed by atoms with Gasteiger partial charge >= 0.3 is 0 Å². The number of halogens is 1. The fourth-order valence-electron chi connectivity index (χ4n) is 2.44. The predicted octanol–water partition coefficient (Wildman–Crippen LogP) is 4.29. The summed E-state index contributed by atoms with van der Waals surface area (Å²) in [6, 6.07) is 11.4. The molecule has 2 aromatic carbocycles. The van der Waals surface area contributed by atoms with Crippen LogP contribution in [-0.4, -0.2) is 20.6 Å². The molecule has 0 saturated heterocycles. The normalized spacial score (nSPS) is 10.5. The van der Waals surface area contributed by atoms with Crippen molar-refractivity contribution in [1.29, 1.82) is 0 Å². The van der Waals surface area contributed by atoms with Crippen LogP contribution in [0.4, 0.5) is 11.4 Å². The molecule has 0 bridgehead atoms. The first-order valence-corrected chi connectivity index (χ1v) is 8.94. The molecular formula is C18H15IN4O4. The third kappa shape index (κ3) is 4.61. The van der Waals surface area contributed by atoms with Gasteiger partial charge in [-0.3, -0.25) is 19.6 Å². The molecule has 0 radical (unpaired) electrons. The minimum absolute atomic E-state index is 0.189. The molecule has 0 aliphatic heterocycles. The molecule has 0 aliphatic rings. The molecule has 27 heavy (non-hydrogen) atoms. The number of aromatic nitrogens is 2. The second-order valence-corrected chi connectivity index (χ2v) is 7.01. The van der Waals surface area contributed by atoms with Gasteiger partial charge in [0.05, 0.1) is 20.2 Å². The first kappa shape index (κ1) is 18.8. The van der Waals surface area contributed by atoms with E-state index < -0.39 is 10.8 Å². The Morgan fingerprint density at radius 2 is 2.04 bits per heavy atom. The van der Waals surface area contributed by atoms with Crippen LogP contribution in [0.1, 0.15) is 16.1 Å². The average Bonchev–Trinajstić information content (AvgIpc) is 2.93. The monoisotopic (exact) mass is 478 g/mol. The van der Waals surface area contributed by atoms with E-state index in [0.29, 0.717) is 9.32 Å². The smallest absolute Gasteiger partial charge is 0.277 e. The number of hydrogen-bond acceptors (Lipinski definition) is 5. The Kier molecular flexibility index (Phi) is 5.40. The minimum atomic E-state index is -0.538. The van der Waals surface area contributed by atoms with E-state index in [9.17, 15) is 14.9 Å². The van der Waals surface area contributed by atoms with Gasteiger partial charge in [-0.05, 0) is 47.2 Å². The Labute approximate surface area is 168 Å². The van der Waals surface area contributed by atoms with Gasteiger partial charge in [-0.25, -0.2) is 0 Å². The fraction of sp³-hybridized carbons (Fsp3) is 0.111. The second-order valence-electron chi connectivity index (χ2n) is 5.84. The topological polar surface area (TPSA) is 99.3 Å². The largest absolute Gasteiger partial charge is 0.457 e. The number of nitro benzene ring substituents is 1. The fourth-order valence-corrected chi connectivity index (χ4v) is 3.19. The molecule has 9 heteroatoms. The summed E-state index contributed by atoms with van der Waals surface area (Å²) < 4.78 is 7.93. The molecule has 0 spiro atoms. The second kappa shape index (κ2) is 7.74. The van der Waals surface area contributed by atoms with Crippen LogP contribution in [0.3, 0.4) is 0 Å². The molecule has 0 unspecified atom stereocenters. The number of ether oxygens (including phenoxy) is 1. The van der Waals surface area contributed by atoms with Gasteiger partial charge < -0.3 is 10.1 Å². The van der Waals surface area contributed by atoms with Crippen molar-refractivity contribution in [2.45, 2.75) is 6.92 Å². The van der Waals surface area contributed by atoms with Gasteiger partial charge in [-0.15, -0.1) is 0 Å². The van der Waals surface area contributed by atoms with Gasteiger partial charge in [0.2, 0.25) is 0 Å². The Balaban J connectivity index is 1.90. The van der Waals surface area contributed by atoms with Crippen molar-refractivity contribution in [3.05, 3.63) is 73.6 Å². The first-order chi connectivity index (χ1) is 12.8. The Morgan fingerprint density at radius 3 is 2.67 bits per heavy atom. The number of nitrogens with zero attached hydrogens (tertiary/aromatic N) is 3. The number of amides is 1. The molecule has 1 aromatic heterocycles. The highest BCUT2D eigenvalue weighted by atomic mass is 127. The van der Waals surface area contributed by atoms with Crippen LogP contribution in [0.2, 0.25) is 0 Å². The summed E-state index contributed by atoms with van der Waals surface area (Å²) in [5.41, 5.74) is 1.30. The van der Waals surface area contributed by atoms with Crippen molar-refractivity contribution in [1.82, 2.24) is 9.78 Å². The zero-order chi connectivity index (χ0) is 19.6. The molecule has 8 nitrogen and oxygen atoms in total. The number of rotatable bonds is 5. The third-order valence-corrected chi connectivity index (χ3v) is 4.37. The van der Waals surface area contributed by atoms with Crippen molar-refractivity contribution >= 4 is 39.9 Å². The molecule has 0 saturated carbocycles. The molecule has 1 N–H and O–H groups in total. The van der Waals surface area contributed by atoms with Crippen LogP contribution in [0.15, 0.2) is 48.7 Å². The zero-order valence-corrected chi connectivity index (χ0v) is 16.6. The van der Waals surface area contributed by atoms with E-state index in [1.807, 2.05) is 47.7 Å². The molecule has 0 aliphatic carbocycles. The predicted molar refractivity (Wildman–Crippen MR) is 108 cm³/mol. The number of anilines is 1. The average molecular weight is 478 g/mol.